The number of sulfonamides is 1. The maximum atomic E-state index is 12.9. The number of H-pyrrole nitrogens is 1. The van der Waals surface area contributed by atoms with Gasteiger partial charge in [0.15, 0.2) is 0 Å². The third-order valence-corrected chi connectivity index (χ3v) is 6.80. The van der Waals surface area contributed by atoms with E-state index in [0.29, 0.717) is 35.4 Å². The fourth-order valence-corrected chi connectivity index (χ4v) is 4.65. The predicted octanol–water partition coefficient (Wildman–Crippen LogP) is 2.82. The highest BCUT2D eigenvalue weighted by molar-refractivity contribution is 7.89. The average Bonchev–Trinajstić information content (AvgIpc) is 2.74. The zero-order chi connectivity index (χ0) is 21.9. The van der Waals surface area contributed by atoms with Gasteiger partial charge in [-0.25, -0.2) is 8.42 Å². The van der Waals surface area contributed by atoms with E-state index in [9.17, 15) is 18.0 Å². The number of aromatic amines is 1. The first-order valence-electron chi connectivity index (χ1n) is 9.42. The summed E-state index contributed by atoms with van der Waals surface area (Å²) in [6, 6.07) is 12.2. The fourth-order valence-electron chi connectivity index (χ4n) is 3.17. The van der Waals surface area contributed by atoms with Gasteiger partial charge in [0.2, 0.25) is 15.6 Å². The molecule has 0 fully saturated rings. The zero-order valence-corrected chi connectivity index (χ0v) is 17.7. The summed E-state index contributed by atoms with van der Waals surface area (Å²) in [5.74, 6) is 0.120. The van der Waals surface area contributed by atoms with Crippen molar-refractivity contribution in [2.24, 2.45) is 0 Å². The summed E-state index contributed by atoms with van der Waals surface area (Å²) in [7, 11) is -2.17. The standard InChI is InChI=1S/C21H23N3O5S/c1-4-24(5-2)30(27,28)16-10-11-19-17(12-16)18(13-20(25)23-19)21(26)22-14-6-8-15(29-3)9-7-14/h6-13H,4-5H2,1-3H3,(H,22,26)(H,23,25). The molecule has 3 aromatic rings. The van der Waals surface area contributed by atoms with E-state index in [1.807, 2.05) is 0 Å². The van der Waals surface area contributed by atoms with Gasteiger partial charge in [0.25, 0.3) is 5.91 Å². The van der Waals surface area contributed by atoms with Crippen LogP contribution in [0.25, 0.3) is 10.9 Å². The van der Waals surface area contributed by atoms with E-state index in [-0.39, 0.29) is 10.5 Å². The summed E-state index contributed by atoms with van der Waals surface area (Å²) >= 11 is 0. The number of anilines is 1. The molecule has 3 rings (SSSR count). The Morgan fingerprint density at radius 3 is 2.33 bits per heavy atom. The Hall–Kier alpha value is -3.17. The minimum absolute atomic E-state index is 0.0595. The molecule has 0 radical (unpaired) electrons. The fraction of sp³-hybridized carbons (Fsp3) is 0.238. The largest absolute Gasteiger partial charge is 0.497 e. The molecule has 0 atom stereocenters. The van der Waals surface area contributed by atoms with Crippen molar-refractivity contribution >= 4 is 32.5 Å². The topological polar surface area (TPSA) is 109 Å². The maximum absolute atomic E-state index is 12.9. The van der Waals surface area contributed by atoms with Crippen LogP contribution in [0.1, 0.15) is 24.2 Å². The van der Waals surface area contributed by atoms with E-state index < -0.39 is 21.5 Å². The van der Waals surface area contributed by atoms with Crippen LogP contribution in [0.5, 0.6) is 5.75 Å². The lowest BCUT2D eigenvalue weighted by atomic mass is 10.1. The minimum atomic E-state index is -3.72. The van der Waals surface area contributed by atoms with Crippen LogP contribution in [-0.4, -0.2) is 43.8 Å². The van der Waals surface area contributed by atoms with Crippen LogP contribution < -0.4 is 15.6 Å². The van der Waals surface area contributed by atoms with Crippen LogP contribution in [0.4, 0.5) is 5.69 Å². The van der Waals surface area contributed by atoms with Crippen LogP contribution in [-0.2, 0) is 10.0 Å². The lowest BCUT2D eigenvalue weighted by molar-refractivity contribution is 0.102. The number of benzene rings is 2. The maximum Gasteiger partial charge on any atom is 0.256 e. The molecule has 0 saturated heterocycles. The number of amides is 1. The Labute approximate surface area is 174 Å². The van der Waals surface area contributed by atoms with Crippen LogP contribution in [0, 0.1) is 0 Å². The van der Waals surface area contributed by atoms with Crippen molar-refractivity contribution in [3.05, 3.63) is 64.4 Å². The molecule has 0 saturated carbocycles. The number of methoxy groups -OCH3 is 1. The molecular formula is C21H23N3O5S. The van der Waals surface area contributed by atoms with Crippen molar-refractivity contribution in [1.82, 2.24) is 9.29 Å². The number of nitrogens with zero attached hydrogens (tertiary/aromatic N) is 1. The molecule has 9 heteroatoms. The van der Waals surface area contributed by atoms with Crippen molar-refractivity contribution in [3.8, 4) is 5.75 Å². The first-order valence-corrected chi connectivity index (χ1v) is 10.9. The van der Waals surface area contributed by atoms with Gasteiger partial charge >= 0.3 is 0 Å². The number of carbonyl (C=O) groups is 1. The van der Waals surface area contributed by atoms with Gasteiger partial charge in [0.05, 0.1) is 17.6 Å². The molecule has 0 bridgehead atoms. The quantitative estimate of drug-likeness (QED) is 0.600. The van der Waals surface area contributed by atoms with Gasteiger partial charge in [-0.1, -0.05) is 13.8 Å². The number of aromatic nitrogens is 1. The Balaban J connectivity index is 2.07. The summed E-state index contributed by atoms with van der Waals surface area (Å²) in [4.78, 5) is 27.6. The van der Waals surface area contributed by atoms with Crippen LogP contribution in [0.15, 0.2) is 58.2 Å². The van der Waals surface area contributed by atoms with E-state index in [2.05, 4.69) is 10.3 Å². The second-order valence-electron chi connectivity index (χ2n) is 6.53. The molecule has 0 spiro atoms. The lowest BCUT2D eigenvalue weighted by Crippen LogP contribution is -2.30. The van der Waals surface area contributed by atoms with Gasteiger partial charge in [0, 0.05) is 35.7 Å². The van der Waals surface area contributed by atoms with Crippen molar-refractivity contribution in [2.45, 2.75) is 18.7 Å². The Morgan fingerprint density at radius 1 is 1.07 bits per heavy atom. The molecule has 0 aliphatic carbocycles. The van der Waals surface area contributed by atoms with Crippen molar-refractivity contribution in [1.29, 1.82) is 0 Å². The molecule has 158 valence electrons. The van der Waals surface area contributed by atoms with Gasteiger partial charge in [-0.2, -0.15) is 4.31 Å². The van der Waals surface area contributed by atoms with Crippen molar-refractivity contribution in [3.63, 3.8) is 0 Å². The average molecular weight is 429 g/mol. The monoisotopic (exact) mass is 429 g/mol. The van der Waals surface area contributed by atoms with E-state index >= 15 is 0 Å². The van der Waals surface area contributed by atoms with Crippen molar-refractivity contribution in [2.75, 3.05) is 25.5 Å². The summed E-state index contributed by atoms with van der Waals surface area (Å²) in [5.41, 5.74) is 0.518. The van der Waals surface area contributed by atoms with Crippen LogP contribution in [0.2, 0.25) is 0 Å². The molecule has 30 heavy (non-hydrogen) atoms. The first kappa shape index (κ1) is 21.5. The Morgan fingerprint density at radius 2 is 1.73 bits per heavy atom. The Bertz CT molecular complexity index is 1230. The predicted molar refractivity (Wildman–Crippen MR) is 116 cm³/mol. The number of fused-ring (bicyclic) bond motifs is 1. The van der Waals surface area contributed by atoms with E-state index in [1.165, 1.54) is 22.5 Å². The molecule has 1 heterocycles. The molecule has 1 amide bonds. The van der Waals surface area contributed by atoms with Gasteiger partial charge in [-0.05, 0) is 42.5 Å². The molecular weight excluding hydrogens is 406 g/mol. The van der Waals surface area contributed by atoms with E-state index in [4.69, 9.17) is 4.74 Å². The smallest absolute Gasteiger partial charge is 0.256 e. The third-order valence-electron chi connectivity index (χ3n) is 4.75. The first-order chi connectivity index (χ1) is 14.3. The third kappa shape index (κ3) is 4.22. The minimum Gasteiger partial charge on any atom is -0.497 e. The number of pyridine rings is 1. The number of carbonyl (C=O) groups excluding carboxylic acids is 1. The summed E-state index contributed by atoms with van der Waals surface area (Å²) in [5, 5.41) is 3.07. The van der Waals surface area contributed by atoms with Gasteiger partial charge < -0.3 is 15.0 Å². The molecule has 0 unspecified atom stereocenters. The van der Waals surface area contributed by atoms with Gasteiger partial charge in [0.1, 0.15) is 5.75 Å². The van der Waals surface area contributed by atoms with Gasteiger partial charge in [-0.3, -0.25) is 9.59 Å². The summed E-state index contributed by atoms with van der Waals surface area (Å²) < 4.78 is 32.2. The lowest BCUT2D eigenvalue weighted by Gasteiger charge is -2.19. The van der Waals surface area contributed by atoms with Crippen LogP contribution in [0.3, 0.4) is 0 Å². The molecule has 2 N–H and O–H groups in total. The zero-order valence-electron chi connectivity index (χ0n) is 16.9. The number of hydrogen-bond acceptors (Lipinski definition) is 5. The summed E-state index contributed by atoms with van der Waals surface area (Å²) in [6.45, 7) is 4.17. The number of nitrogens with one attached hydrogen (secondary N) is 2. The number of rotatable bonds is 7. The number of hydrogen-bond donors (Lipinski definition) is 2. The Kier molecular flexibility index (Phi) is 6.23. The molecule has 1 aromatic heterocycles. The van der Waals surface area contributed by atoms with Gasteiger partial charge in [-0.15, -0.1) is 0 Å². The SMILES string of the molecule is CCN(CC)S(=O)(=O)c1ccc2[nH]c(=O)cc(C(=O)Nc3ccc(OC)cc3)c2c1. The molecule has 8 nitrogen and oxygen atoms in total. The van der Waals surface area contributed by atoms with Crippen molar-refractivity contribution < 1.29 is 17.9 Å². The second kappa shape index (κ2) is 8.68. The van der Waals surface area contributed by atoms with Crippen LogP contribution >= 0.6 is 0 Å². The molecule has 0 aliphatic rings. The summed E-state index contributed by atoms with van der Waals surface area (Å²) in [6.07, 6.45) is 0. The second-order valence-corrected chi connectivity index (χ2v) is 8.46. The number of ether oxygens (including phenoxy) is 1. The van der Waals surface area contributed by atoms with E-state index in [0.717, 1.165) is 6.07 Å². The molecule has 0 aliphatic heterocycles. The van der Waals surface area contributed by atoms with E-state index in [1.54, 1.807) is 45.2 Å². The highest BCUT2D eigenvalue weighted by Crippen LogP contribution is 2.24. The molecule has 2 aromatic carbocycles. The normalized spacial score (nSPS) is 11.6. The highest BCUT2D eigenvalue weighted by atomic mass is 32.2. The highest BCUT2D eigenvalue weighted by Gasteiger charge is 2.23.